The van der Waals surface area contributed by atoms with Gasteiger partial charge in [0, 0.05) is 19.0 Å². The highest BCUT2D eigenvalue weighted by Gasteiger charge is 2.35. The molecule has 1 atom stereocenters. The fourth-order valence-corrected chi connectivity index (χ4v) is 4.22. The molecule has 0 aromatic heterocycles. The smallest absolute Gasteiger partial charge is 0.207 e. The first-order valence-electron chi connectivity index (χ1n) is 6.70. The van der Waals surface area contributed by atoms with Gasteiger partial charge in [0.1, 0.15) is 10.7 Å². The lowest BCUT2D eigenvalue weighted by Crippen LogP contribution is -2.30. The second kappa shape index (κ2) is 6.00. The second-order valence-electron chi connectivity index (χ2n) is 5.55. The van der Waals surface area contributed by atoms with Gasteiger partial charge in [-0.25, -0.2) is 12.8 Å². The molecule has 1 aromatic carbocycles. The molecule has 112 valence electrons. The zero-order valence-corrected chi connectivity index (χ0v) is 13.2. The van der Waals surface area contributed by atoms with E-state index in [0.717, 1.165) is 6.42 Å². The third-order valence-electron chi connectivity index (χ3n) is 3.90. The van der Waals surface area contributed by atoms with Gasteiger partial charge < -0.3 is 0 Å². The monoisotopic (exact) mass is 319 g/mol. The number of sulfonamides is 1. The third kappa shape index (κ3) is 3.00. The maximum atomic E-state index is 14.0. The molecule has 0 bridgehead atoms. The van der Waals surface area contributed by atoms with Crippen LogP contribution in [-0.2, 0) is 15.9 Å². The van der Waals surface area contributed by atoms with Gasteiger partial charge in [0.25, 0.3) is 0 Å². The van der Waals surface area contributed by atoms with Gasteiger partial charge in [0.05, 0.1) is 0 Å². The molecule has 0 N–H and O–H groups in total. The normalized spacial score (nSPS) is 20.8. The van der Waals surface area contributed by atoms with E-state index in [4.69, 9.17) is 11.6 Å². The van der Waals surface area contributed by atoms with Crippen molar-refractivity contribution in [3.63, 3.8) is 0 Å². The lowest BCUT2D eigenvalue weighted by atomic mass is 9.96. The lowest BCUT2D eigenvalue weighted by molar-refractivity contribution is 0.387. The Labute approximate surface area is 124 Å². The van der Waals surface area contributed by atoms with Crippen molar-refractivity contribution in [2.45, 2.75) is 31.0 Å². The second-order valence-corrected chi connectivity index (χ2v) is 7.73. The van der Waals surface area contributed by atoms with E-state index < -0.39 is 15.8 Å². The summed E-state index contributed by atoms with van der Waals surface area (Å²) >= 11 is 5.62. The van der Waals surface area contributed by atoms with Crippen molar-refractivity contribution in [3.05, 3.63) is 29.6 Å². The Hall–Kier alpha value is -0.650. The molecule has 1 unspecified atom stereocenters. The molecule has 1 heterocycles. The predicted octanol–water partition coefficient (Wildman–Crippen LogP) is 3.23. The quantitative estimate of drug-likeness (QED) is 0.799. The molecule has 1 saturated heterocycles. The van der Waals surface area contributed by atoms with Gasteiger partial charge in [-0.05, 0) is 36.0 Å². The highest BCUT2D eigenvalue weighted by Crippen LogP contribution is 2.29. The van der Waals surface area contributed by atoms with Crippen molar-refractivity contribution < 1.29 is 12.8 Å². The fraction of sp³-hybridized carbons (Fsp3) is 0.571. The summed E-state index contributed by atoms with van der Waals surface area (Å²) in [5.74, 6) is 0.209. The van der Waals surface area contributed by atoms with Crippen molar-refractivity contribution in [2.24, 2.45) is 11.8 Å². The molecular formula is C14H19ClFNO2S. The molecule has 6 heteroatoms. The molecule has 0 radical (unpaired) electrons. The first kappa shape index (κ1) is 15.7. The van der Waals surface area contributed by atoms with Crippen LogP contribution in [0.3, 0.4) is 0 Å². The standard InChI is InChI=1S/C14H19ClFNO2S/c1-10(2)12-5-6-17(9-12)20(18,19)14-4-3-11(8-15)7-13(14)16/h3-4,7,10,12H,5-6,8-9H2,1-2H3. The summed E-state index contributed by atoms with van der Waals surface area (Å²) in [5, 5.41) is 0. The van der Waals surface area contributed by atoms with Crippen molar-refractivity contribution in [3.8, 4) is 0 Å². The van der Waals surface area contributed by atoms with Crippen LogP contribution in [0.15, 0.2) is 23.1 Å². The minimum atomic E-state index is -3.75. The summed E-state index contributed by atoms with van der Waals surface area (Å²) in [6, 6.07) is 4.06. The van der Waals surface area contributed by atoms with Crippen LogP contribution >= 0.6 is 11.6 Å². The number of nitrogens with zero attached hydrogens (tertiary/aromatic N) is 1. The molecule has 1 aliphatic heterocycles. The summed E-state index contributed by atoms with van der Waals surface area (Å²) in [6.45, 7) is 5.09. The Kier molecular flexibility index (Phi) is 4.72. The van der Waals surface area contributed by atoms with Crippen LogP contribution in [0.25, 0.3) is 0 Å². The molecule has 0 saturated carbocycles. The minimum Gasteiger partial charge on any atom is -0.207 e. The van der Waals surface area contributed by atoms with Crippen molar-refractivity contribution in [1.29, 1.82) is 0 Å². The highest BCUT2D eigenvalue weighted by molar-refractivity contribution is 7.89. The summed E-state index contributed by atoms with van der Waals surface area (Å²) in [7, 11) is -3.75. The minimum absolute atomic E-state index is 0.163. The first-order chi connectivity index (χ1) is 9.36. The van der Waals surface area contributed by atoms with E-state index in [9.17, 15) is 12.8 Å². The summed E-state index contributed by atoms with van der Waals surface area (Å²) < 4.78 is 40.3. The fourth-order valence-electron chi connectivity index (χ4n) is 2.49. The first-order valence-corrected chi connectivity index (χ1v) is 8.68. The van der Waals surface area contributed by atoms with E-state index in [1.54, 1.807) is 6.07 Å². The van der Waals surface area contributed by atoms with Crippen LogP contribution in [-0.4, -0.2) is 25.8 Å². The molecule has 3 nitrogen and oxygen atoms in total. The van der Waals surface area contributed by atoms with E-state index >= 15 is 0 Å². The Morgan fingerprint density at radius 2 is 2.15 bits per heavy atom. The summed E-state index contributed by atoms with van der Waals surface area (Å²) in [5.41, 5.74) is 0.574. The van der Waals surface area contributed by atoms with E-state index in [2.05, 4.69) is 13.8 Å². The highest BCUT2D eigenvalue weighted by atomic mass is 35.5. The van der Waals surface area contributed by atoms with Gasteiger partial charge in [-0.15, -0.1) is 11.6 Å². The number of alkyl halides is 1. The Balaban J connectivity index is 2.27. The molecule has 1 fully saturated rings. The summed E-state index contributed by atoms with van der Waals surface area (Å²) in [6.07, 6.45) is 0.832. The molecular weight excluding hydrogens is 301 g/mol. The number of benzene rings is 1. The zero-order valence-electron chi connectivity index (χ0n) is 11.6. The Morgan fingerprint density at radius 1 is 1.45 bits per heavy atom. The van der Waals surface area contributed by atoms with Crippen LogP contribution in [0.4, 0.5) is 4.39 Å². The molecule has 0 spiro atoms. The molecule has 1 aliphatic rings. The predicted molar refractivity (Wildman–Crippen MR) is 77.7 cm³/mol. The van der Waals surface area contributed by atoms with E-state index in [1.165, 1.54) is 16.4 Å². The van der Waals surface area contributed by atoms with Gasteiger partial charge in [0.15, 0.2) is 0 Å². The molecule has 0 aliphatic carbocycles. The number of hydrogen-bond acceptors (Lipinski definition) is 2. The van der Waals surface area contributed by atoms with Crippen LogP contribution in [0, 0.1) is 17.7 Å². The largest absolute Gasteiger partial charge is 0.245 e. The van der Waals surface area contributed by atoms with Crippen LogP contribution in [0.2, 0.25) is 0 Å². The SMILES string of the molecule is CC(C)C1CCN(S(=O)(=O)c2ccc(CCl)cc2F)C1. The topological polar surface area (TPSA) is 37.4 Å². The van der Waals surface area contributed by atoms with Gasteiger partial charge in [-0.1, -0.05) is 19.9 Å². The van der Waals surface area contributed by atoms with Crippen LogP contribution in [0.1, 0.15) is 25.8 Å². The molecule has 20 heavy (non-hydrogen) atoms. The molecule has 2 rings (SSSR count). The average Bonchev–Trinajstić information content (AvgIpc) is 2.88. The Bertz CT molecular complexity index is 589. The van der Waals surface area contributed by atoms with Crippen LogP contribution < -0.4 is 0 Å². The van der Waals surface area contributed by atoms with Crippen molar-refractivity contribution in [2.75, 3.05) is 13.1 Å². The van der Waals surface area contributed by atoms with Gasteiger partial charge >= 0.3 is 0 Å². The molecule has 0 amide bonds. The molecule has 1 aromatic rings. The maximum absolute atomic E-state index is 14.0. The van der Waals surface area contributed by atoms with Gasteiger partial charge in [0.2, 0.25) is 10.0 Å². The van der Waals surface area contributed by atoms with Crippen LogP contribution in [0.5, 0.6) is 0 Å². The number of hydrogen-bond donors (Lipinski definition) is 0. The average molecular weight is 320 g/mol. The van der Waals surface area contributed by atoms with Gasteiger partial charge in [-0.3, -0.25) is 0 Å². The number of halogens is 2. The third-order valence-corrected chi connectivity index (χ3v) is 6.11. The van der Waals surface area contributed by atoms with Crippen molar-refractivity contribution >= 4 is 21.6 Å². The Morgan fingerprint density at radius 3 is 2.65 bits per heavy atom. The van der Waals surface area contributed by atoms with E-state index in [0.29, 0.717) is 30.5 Å². The lowest BCUT2D eigenvalue weighted by Gasteiger charge is -2.18. The summed E-state index contributed by atoms with van der Waals surface area (Å²) in [4.78, 5) is -0.254. The van der Waals surface area contributed by atoms with E-state index in [1.807, 2.05) is 0 Å². The zero-order chi connectivity index (χ0) is 14.9. The maximum Gasteiger partial charge on any atom is 0.245 e. The van der Waals surface area contributed by atoms with Crippen molar-refractivity contribution in [1.82, 2.24) is 4.31 Å². The van der Waals surface area contributed by atoms with Gasteiger partial charge in [-0.2, -0.15) is 4.31 Å². The van der Waals surface area contributed by atoms with E-state index in [-0.39, 0.29) is 10.8 Å². The number of rotatable bonds is 4.